The fourth-order valence-corrected chi connectivity index (χ4v) is 4.64. The van der Waals surface area contributed by atoms with Gasteiger partial charge in [-0.25, -0.2) is 8.42 Å². The maximum atomic E-state index is 12.9. The Morgan fingerprint density at radius 3 is 2.31 bits per heavy atom. The van der Waals surface area contributed by atoms with E-state index in [1.165, 1.54) is 28.6 Å². The van der Waals surface area contributed by atoms with Crippen molar-refractivity contribution in [3.05, 3.63) is 64.7 Å². The summed E-state index contributed by atoms with van der Waals surface area (Å²) in [7, 11) is -3.53. The summed E-state index contributed by atoms with van der Waals surface area (Å²) in [5.74, 6) is 0. The third-order valence-electron chi connectivity index (χ3n) is 4.49. The first-order valence-corrected chi connectivity index (χ1v) is 10.3. The van der Waals surface area contributed by atoms with Crippen LogP contribution in [0.1, 0.15) is 17.5 Å². The van der Waals surface area contributed by atoms with Crippen LogP contribution < -0.4 is 0 Å². The molecular formula is C19H20ClN3O2S. The third-order valence-corrected chi connectivity index (χ3v) is 6.65. The minimum atomic E-state index is -3.53. The van der Waals surface area contributed by atoms with Gasteiger partial charge in [0.05, 0.1) is 16.5 Å². The molecule has 1 aliphatic rings. The van der Waals surface area contributed by atoms with Gasteiger partial charge in [0, 0.05) is 31.2 Å². The highest BCUT2D eigenvalue weighted by Gasteiger charge is 2.26. The SMILES string of the molecule is N#Cc1ccc(S(=O)(=O)N2CCCN(Cc3ccc(Cl)cc3)CC2)cc1. The quantitative estimate of drug-likeness (QED) is 0.805. The molecule has 0 spiro atoms. The van der Waals surface area contributed by atoms with Gasteiger partial charge in [0.15, 0.2) is 0 Å². The van der Waals surface area contributed by atoms with Crippen molar-refractivity contribution in [2.24, 2.45) is 0 Å². The zero-order valence-corrected chi connectivity index (χ0v) is 15.9. The van der Waals surface area contributed by atoms with E-state index in [-0.39, 0.29) is 4.90 Å². The highest BCUT2D eigenvalue weighted by molar-refractivity contribution is 7.89. The first-order chi connectivity index (χ1) is 12.5. The van der Waals surface area contributed by atoms with Gasteiger partial charge >= 0.3 is 0 Å². The number of hydrogen-bond acceptors (Lipinski definition) is 4. The molecule has 1 heterocycles. The molecule has 0 unspecified atom stereocenters. The van der Waals surface area contributed by atoms with Crippen LogP contribution in [0.3, 0.4) is 0 Å². The summed E-state index contributed by atoms with van der Waals surface area (Å²) in [5, 5.41) is 9.57. The molecule has 0 N–H and O–H groups in total. The second kappa shape index (κ2) is 8.19. The van der Waals surface area contributed by atoms with Crippen molar-refractivity contribution in [2.45, 2.75) is 17.9 Å². The van der Waals surface area contributed by atoms with E-state index < -0.39 is 10.0 Å². The second-order valence-electron chi connectivity index (χ2n) is 6.30. The highest BCUT2D eigenvalue weighted by atomic mass is 35.5. The molecule has 0 aromatic heterocycles. The third kappa shape index (κ3) is 4.43. The molecule has 5 nitrogen and oxygen atoms in total. The molecule has 2 aromatic carbocycles. The van der Waals surface area contributed by atoms with Crippen molar-refractivity contribution >= 4 is 21.6 Å². The second-order valence-corrected chi connectivity index (χ2v) is 8.67. The van der Waals surface area contributed by atoms with Gasteiger partial charge in [-0.1, -0.05) is 23.7 Å². The summed E-state index contributed by atoms with van der Waals surface area (Å²) in [6.45, 7) is 3.26. The molecule has 1 saturated heterocycles. The number of hydrogen-bond donors (Lipinski definition) is 0. The topological polar surface area (TPSA) is 64.4 Å². The van der Waals surface area contributed by atoms with E-state index in [4.69, 9.17) is 16.9 Å². The fraction of sp³-hybridized carbons (Fsp3) is 0.316. The van der Waals surface area contributed by atoms with Crippen molar-refractivity contribution in [1.82, 2.24) is 9.21 Å². The smallest absolute Gasteiger partial charge is 0.243 e. The lowest BCUT2D eigenvalue weighted by Gasteiger charge is -2.22. The van der Waals surface area contributed by atoms with E-state index in [2.05, 4.69) is 4.90 Å². The number of nitrogens with zero attached hydrogens (tertiary/aromatic N) is 3. The van der Waals surface area contributed by atoms with E-state index in [0.717, 1.165) is 25.1 Å². The highest BCUT2D eigenvalue weighted by Crippen LogP contribution is 2.19. The van der Waals surface area contributed by atoms with Crippen molar-refractivity contribution < 1.29 is 8.42 Å². The van der Waals surface area contributed by atoms with Crippen LogP contribution in [0.15, 0.2) is 53.4 Å². The average Bonchev–Trinajstić information content (AvgIpc) is 2.90. The van der Waals surface area contributed by atoms with Crippen LogP contribution in [-0.2, 0) is 16.6 Å². The molecule has 0 radical (unpaired) electrons. The van der Waals surface area contributed by atoms with Crippen LogP contribution in [0, 0.1) is 11.3 Å². The van der Waals surface area contributed by atoms with E-state index in [9.17, 15) is 8.42 Å². The van der Waals surface area contributed by atoms with Crippen LogP contribution in [0.25, 0.3) is 0 Å². The van der Waals surface area contributed by atoms with Gasteiger partial charge in [0.2, 0.25) is 10.0 Å². The Morgan fingerprint density at radius 1 is 0.962 bits per heavy atom. The number of halogens is 1. The zero-order chi connectivity index (χ0) is 18.6. The maximum absolute atomic E-state index is 12.9. The van der Waals surface area contributed by atoms with Gasteiger partial charge in [0.1, 0.15) is 0 Å². The Labute approximate surface area is 159 Å². The van der Waals surface area contributed by atoms with Gasteiger partial charge < -0.3 is 0 Å². The van der Waals surface area contributed by atoms with Crippen LogP contribution in [0.2, 0.25) is 5.02 Å². The molecule has 3 rings (SSSR count). The standard InChI is InChI=1S/C19H20ClN3O2S/c20-18-6-2-17(3-7-18)15-22-10-1-11-23(13-12-22)26(24,25)19-8-4-16(14-21)5-9-19/h2-9H,1,10-13,15H2. The van der Waals surface area contributed by atoms with E-state index >= 15 is 0 Å². The minimum Gasteiger partial charge on any atom is -0.298 e. The normalized spacial score (nSPS) is 16.8. The zero-order valence-electron chi connectivity index (χ0n) is 14.3. The van der Waals surface area contributed by atoms with Crippen molar-refractivity contribution in [3.8, 4) is 6.07 Å². The lowest BCUT2D eigenvalue weighted by Crippen LogP contribution is -2.35. The lowest BCUT2D eigenvalue weighted by molar-refractivity contribution is 0.278. The summed E-state index contributed by atoms with van der Waals surface area (Å²) in [4.78, 5) is 2.50. The summed E-state index contributed by atoms with van der Waals surface area (Å²) in [6.07, 6.45) is 0.781. The summed E-state index contributed by atoms with van der Waals surface area (Å²) in [6, 6.07) is 15.8. The fourth-order valence-electron chi connectivity index (χ4n) is 3.04. The molecule has 0 atom stereocenters. The Balaban J connectivity index is 1.67. The number of sulfonamides is 1. The van der Waals surface area contributed by atoms with Crippen molar-refractivity contribution in [2.75, 3.05) is 26.2 Å². The van der Waals surface area contributed by atoms with Gasteiger partial charge in [-0.3, -0.25) is 4.90 Å². The average molecular weight is 390 g/mol. The monoisotopic (exact) mass is 389 g/mol. The first kappa shape index (κ1) is 18.9. The molecule has 2 aromatic rings. The molecule has 136 valence electrons. The molecular weight excluding hydrogens is 370 g/mol. The molecule has 26 heavy (non-hydrogen) atoms. The maximum Gasteiger partial charge on any atom is 0.243 e. The van der Waals surface area contributed by atoms with Crippen molar-refractivity contribution in [1.29, 1.82) is 5.26 Å². The van der Waals surface area contributed by atoms with Crippen LogP contribution in [0.4, 0.5) is 0 Å². The Morgan fingerprint density at radius 2 is 1.65 bits per heavy atom. The lowest BCUT2D eigenvalue weighted by atomic mass is 10.2. The summed E-state index contributed by atoms with van der Waals surface area (Å²) in [5.41, 5.74) is 1.62. The van der Waals surface area contributed by atoms with Crippen LogP contribution >= 0.6 is 11.6 Å². The Kier molecular flexibility index (Phi) is 5.94. The summed E-state index contributed by atoms with van der Waals surface area (Å²) < 4.78 is 27.2. The van der Waals surface area contributed by atoms with E-state index in [0.29, 0.717) is 30.2 Å². The van der Waals surface area contributed by atoms with Crippen LogP contribution in [-0.4, -0.2) is 43.8 Å². The van der Waals surface area contributed by atoms with Gasteiger partial charge in [-0.2, -0.15) is 9.57 Å². The number of nitriles is 1. The van der Waals surface area contributed by atoms with Gasteiger partial charge in [-0.05, 0) is 54.9 Å². The molecule has 0 amide bonds. The molecule has 7 heteroatoms. The predicted molar refractivity (Wildman–Crippen MR) is 101 cm³/mol. The number of benzene rings is 2. The first-order valence-electron chi connectivity index (χ1n) is 8.46. The Bertz CT molecular complexity index is 890. The molecule has 1 aliphatic heterocycles. The van der Waals surface area contributed by atoms with Gasteiger partial charge in [-0.15, -0.1) is 0 Å². The molecule has 0 bridgehead atoms. The van der Waals surface area contributed by atoms with Crippen molar-refractivity contribution in [3.63, 3.8) is 0 Å². The molecule has 0 saturated carbocycles. The largest absolute Gasteiger partial charge is 0.298 e. The van der Waals surface area contributed by atoms with Crippen LogP contribution in [0.5, 0.6) is 0 Å². The van der Waals surface area contributed by atoms with E-state index in [1.54, 1.807) is 0 Å². The minimum absolute atomic E-state index is 0.239. The van der Waals surface area contributed by atoms with Gasteiger partial charge in [0.25, 0.3) is 0 Å². The van der Waals surface area contributed by atoms with E-state index in [1.807, 2.05) is 30.3 Å². The number of rotatable bonds is 4. The molecule has 1 fully saturated rings. The molecule has 0 aliphatic carbocycles. The Hall–Kier alpha value is -1.91. The summed E-state index contributed by atoms with van der Waals surface area (Å²) >= 11 is 5.92. The predicted octanol–water partition coefficient (Wildman–Crippen LogP) is 3.11.